The number of hydrogen-bond donors (Lipinski definition) is 1. The summed E-state index contributed by atoms with van der Waals surface area (Å²) < 4.78 is 0. The quantitative estimate of drug-likeness (QED) is 0.545. The molecule has 1 rings (SSSR count). The highest BCUT2D eigenvalue weighted by Gasteiger charge is 2.35. The van der Waals surface area contributed by atoms with Gasteiger partial charge in [-0.1, -0.05) is 13.3 Å². The van der Waals surface area contributed by atoms with Gasteiger partial charge in [0.05, 0.1) is 0 Å². The molecule has 0 radical (unpaired) electrons. The second kappa shape index (κ2) is 2.64. The molecule has 56 valence electrons. The minimum Gasteiger partial charge on any atom is -0.324 e. The van der Waals surface area contributed by atoms with Crippen molar-refractivity contribution in [2.75, 3.05) is 0 Å². The van der Waals surface area contributed by atoms with Crippen LogP contribution in [0.15, 0.2) is 0 Å². The fraction of sp³-hybridized carbons (Fsp3) is 0.778. The van der Waals surface area contributed by atoms with Crippen LogP contribution in [0.4, 0.5) is 0 Å². The van der Waals surface area contributed by atoms with E-state index in [-0.39, 0.29) is 5.54 Å². The van der Waals surface area contributed by atoms with Gasteiger partial charge in [-0.15, -0.1) is 12.3 Å². The van der Waals surface area contributed by atoms with Gasteiger partial charge >= 0.3 is 0 Å². The molecule has 0 aliphatic heterocycles. The lowest BCUT2D eigenvalue weighted by molar-refractivity contribution is 0.346. The summed E-state index contributed by atoms with van der Waals surface area (Å²) in [5, 5.41) is 0. The summed E-state index contributed by atoms with van der Waals surface area (Å²) in [5.74, 6) is 3.27. The molecule has 0 spiro atoms. The summed E-state index contributed by atoms with van der Waals surface area (Å²) in [4.78, 5) is 0. The molecule has 0 heterocycles. The third-order valence-electron chi connectivity index (χ3n) is 2.69. The van der Waals surface area contributed by atoms with Crippen LogP contribution in [0.25, 0.3) is 0 Å². The normalized spacial score (nSPS) is 39.5. The first-order valence-electron chi connectivity index (χ1n) is 3.91. The third kappa shape index (κ3) is 1.17. The first-order valence-corrected chi connectivity index (χ1v) is 3.91. The first kappa shape index (κ1) is 7.63. The van der Waals surface area contributed by atoms with Crippen LogP contribution in [0.5, 0.6) is 0 Å². The summed E-state index contributed by atoms with van der Waals surface area (Å²) in [5.41, 5.74) is 6.04. The SMILES string of the molecule is C#CCC1(N)CCCC1C. The molecule has 2 N–H and O–H groups in total. The maximum Gasteiger partial charge on any atom is 0.0290 e. The van der Waals surface area contributed by atoms with Crippen LogP contribution in [0.2, 0.25) is 0 Å². The smallest absolute Gasteiger partial charge is 0.0290 e. The average molecular weight is 137 g/mol. The van der Waals surface area contributed by atoms with Crippen molar-refractivity contribution in [1.29, 1.82) is 0 Å². The predicted molar refractivity (Wildman–Crippen MR) is 43.4 cm³/mol. The Kier molecular flexibility index (Phi) is 2.01. The Labute approximate surface area is 63.0 Å². The Morgan fingerprint density at radius 1 is 1.80 bits per heavy atom. The van der Waals surface area contributed by atoms with Crippen molar-refractivity contribution in [2.24, 2.45) is 11.7 Å². The van der Waals surface area contributed by atoms with E-state index >= 15 is 0 Å². The molecule has 1 aliphatic carbocycles. The molecule has 0 amide bonds. The minimum atomic E-state index is -0.0330. The standard InChI is InChI=1S/C9H15N/c1-3-6-9(10)7-4-5-8(9)2/h1,8H,4-7,10H2,2H3. The van der Waals surface area contributed by atoms with Crippen molar-refractivity contribution in [3.63, 3.8) is 0 Å². The molecule has 1 nitrogen and oxygen atoms in total. The van der Waals surface area contributed by atoms with Gasteiger partial charge in [0.1, 0.15) is 0 Å². The van der Waals surface area contributed by atoms with Gasteiger partial charge in [0.25, 0.3) is 0 Å². The Bertz CT molecular complexity index is 157. The largest absolute Gasteiger partial charge is 0.324 e. The fourth-order valence-corrected chi connectivity index (χ4v) is 1.72. The maximum atomic E-state index is 6.07. The highest BCUT2D eigenvalue weighted by molar-refractivity contribution is 5.03. The molecule has 2 unspecified atom stereocenters. The fourth-order valence-electron chi connectivity index (χ4n) is 1.72. The van der Waals surface area contributed by atoms with Crippen molar-refractivity contribution >= 4 is 0 Å². The van der Waals surface area contributed by atoms with Crippen molar-refractivity contribution in [2.45, 2.75) is 38.1 Å². The number of nitrogens with two attached hydrogens (primary N) is 1. The molecule has 1 saturated carbocycles. The molecule has 10 heavy (non-hydrogen) atoms. The predicted octanol–water partition coefficient (Wildman–Crippen LogP) is 1.53. The van der Waals surface area contributed by atoms with E-state index in [1.807, 2.05) is 0 Å². The summed E-state index contributed by atoms with van der Waals surface area (Å²) >= 11 is 0. The summed E-state index contributed by atoms with van der Waals surface area (Å²) in [7, 11) is 0. The van der Waals surface area contributed by atoms with E-state index in [4.69, 9.17) is 12.2 Å². The summed E-state index contributed by atoms with van der Waals surface area (Å²) in [6.07, 6.45) is 9.58. The van der Waals surface area contributed by atoms with E-state index < -0.39 is 0 Å². The van der Waals surface area contributed by atoms with Gasteiger partial charge in [-0.3, -0.25) is 0 Å². The van der Waals surface area contributed by atoms with E-state index in [1.165, 1.54) is 12.8 Å². The molecule has 0 aromatic heterocycles. The second-order valence-corrected chi connectivity index (χ2v) is 3.41. The first-order chi connectivity index (χ1) is 4.69. The average Bonchev–Trinajstić information content (AvgIpc) is 2.15. The van der Waals surface area contributed by atoms with Gasteiger partial charge in [-0.2, -0.15) is 0 Å². The van der Waals surface area contributed by atoms with E-state index in [2.05, 4.69) is 12.8 Å². The third-order valence-corrected chi connectivity index (χ3v) is 2.69. The molecular weight excluding hydrogens is 122 g/mol. The van der Waals surface area contributed by atoms with Gasteiger partial charge in [-0.25, -0.2) is 0 Å². The molecular formula is C9H15N. The Morgan fingerprint density at radius 3 is 2.90 bits per heavy atom. The highest BCUT2D eigenvalue weighted by atomic mass is 14.8. The zero-order chi connectivity index (χ0) is 7.61. The summed E-state index contributed by atoms with van der Waals surface area (Å²) in [6, 6.07) is 0. The molecule has 2 atom stereocenters. The Hall–Kier alpha value is -0.480. The van der Waals surface area contributed by atoms with Gasteiger partial charge in [0.15, 0.2) is 0 Å². The zero-order valence-corrected chi connectivity index (χ0v) is 6.56. The van der Waals surface area contributed by atoms with Crippen LogP contribution in [0, 0.1) is 18.3 Å². The van der Waals surface area contributed by atoms with E-state index in [0.717, 1.165) is 12.8 Å². The van der Waals surface area contributed by atoms with E-state index in [1.54, 1.807) is 0 Å². The number of hydrogen-bond acceptors (Lipinski definition) is 1. The van der Waals surface area contributed by atoms with Crippen LogP contribution in [-0.2, 0) is 0 Å². The van der Waals surface area contributed by atoms with Crippen molar-refractivity contribution in [3.8, 4) is 12.3 Å². The molecule has 1 heteroatoms. The topological polar surface area (TPSA) is 26.0 Å². The van der Waals surface area contributed by atoms with Gasteiger partial charge in [0, 0.05) is 12.0 Å². The molecule has 1 fully saturated rings. The van der Waals surface area contributed by atoms with Gasteiger partial charge in [0.2, 0.25) is 0 Å². The Balaban J connectivity index is 2.58. The number of terminal acetylenes is 1. The Morgan fingerprint density at radius 2 is 2.50 bits per heavy atom. The molecule has 0 aromatic rings. The van der Waals surface area contributed by atoms with Crippen LogP contribution in [0.3, 0.4) is 0 Å². The summed E-state index contributed by atoms with van der Waals surface area (Å²) in [6.45, 7) is 2.20. The highest BCUT2D eigenvalue weighted by Crippen LogP contribution is 2.35. The molecule has 0 aromatic carbocycles. The lowest BCUT2D eigenvalue weighted by Gasteiger charge is -2.26. The molecule has 1 aliphatic rings. The van der Waals surface area contributed by atoms with Crippen LogP contribution >= 0.6 is 0 Å². The molecule has 0 saturated heterocycles. The number of rotatable bonds is 1. The molecule has 0 bridgehead atoms. The maximum absolute atomic E-state index is 6.07. The van der Waals surface area contributed by atoms with Crippen molar-refractivity contribution < 1.29 is 0 Å². The zero-order valence-electron chi connectivity index (χ0n) is 6.56. The van der Waals surface area contributed by atoms with Crippen LogP contribution < -0.4 is 5.73 Å². The van der Waals surface area contributed by atoms with Crippen molar-refractivity contribution in [3.05, 3.63) is 0 Å². The monoisotopic (exact) mass is 137 g/mol. The van der Waals surface area contributed by atoms with E-state index in [9.17, 15) is 0 Å². The van der Waals surface area contributed by atoms with Gasteiger partial charge < -0.3 is 5.73 Å². The lowest BCUT2D eigenvalue weighted by atomic mass is 9.87. The van der Waals surface area contributed by atoms with Gasteiger partial charge in [-0.05, 0) is 18.8 Å². The lowest BCUT2D eigenvalue weighted by Crippen LogP contribution is -2.41. The van der Waals surface area contributed by atoms with E-state index in [0.29, 0.717) is 5.92 Å². The van der Waals surface area contributed by atoms with Crippen molar-refractivity contribution in [1.82, 2.24) is 0 Å². The van der Waals surface area contributed by atoms with Crippen LogP contribution in [0.1, 0.15) is 32.6 Å². The van der Waals surface area contributed by atoms with Crippen LogP contribution in [-0.4, -0.2) is 5.54 Å². The second-order valence-electron chi connectivity index (χ2n) is 3.41. The minimum absolute atomic E-state index is 0.0330.